The lowest BCUT2D eigenvalue weighted by atomic mass is 10.3. The smallest absolute Gasteiger partial charge is 0.340 e. The van der Waals surface area contributed by atoms with Crippen LogP contribution in [0, 0.1) is 0 Å². The van der Waals surface area contributed by atoms with Crippen LogP contribution >= 0.6 is 39.1 Å². The van der Waals surface area contributed by atoms with Crippen molar-refractivity contribution < 1.29 is 9.53 Å². The maximum atomic E-state index is 11.0. The van der Waals surface area contributed by atoms with Gasteiger partial charge >= 0.3 is 5.97 Å². The van der Waals surface area contributed by atoms with E-state index in [1.165, 1.54) is 0 Å². The molecule has 0 saturated carbocycles. The molecule has 0 aromatic heterocycles. The van der Waals surface area contributed by atoms with Gasteiger partial charge in [-0.15, -0.1) is 0 Å². The molecule has 1 aromatic rings. The Kier molecular flexibility index (Phi) is 4.03. The molecule has 0 saturated heterocycles. The minimum absolute atomic E-state index is 0.305. The summed E-state index contributed by atoms with van der Waals surface area (Å²) in [6.07, 6.45) is 0. The van der Waals surface area contributed by atoms with Crippen LogP contribution in [-0.4, -0.2) is 10.3 Å². The van der Waals surface area contributed by atoms with Crippen molar-refractivity contribution in [2.75, 3.05) is 0 Å². The first-order valence-corrected chi connectivity index (χ1v) is 5.08. The van der Waals surface area contributed by atoms with Crippen LogP contribution in [0.2, 0.25) is 5.02 Å². The number of esters is 1. The fourth-order valence-corrected chi connectivity index (χ4v) is 0.993. The Morgan fingerprint density at radius 2 is 2.08 bits per heavy atom. The molecule has 1 aromatic carbocycles. The number of halogens is 3. The molecule has 0 bridgehead atoms. The van der Waals surface area contributed by atoms with Gasteiger partial charge in [-0.05, 0) is 12.1 Å². The number of ether oxygens (including phenoxy) is 1. The van der Waals surface area contributed by atoms with Crippen LogP contribution < -0.4 is 4.74 Å². The summed E-state index contributed by atoms with van der Waals surface area (Å²) in [6, 6.07) is 6.67. The van der Waals surface area contributed by atoms with Crippen LogP contribution in [-0.2, 0) is 4.79 Å². The minimum Gasteiger partial charge on any atom is -0.423 e. The molecule has 1 rings (SSSR count). The van der Waals surface area contributed by atoms with Gasteiger partial charge in [0, 0.05) is 0 Å². The number of benzene rings is 1. The standard InChI is InChI=1S/C8H5BrCl2O2/c9-7(11)8(12)13-6-4-2-1-3-5(6)10/h1-4,7H. The molecule has 13 heavy (non-hydrogen) atoms. The number of alkyl halides is 2. The predicted molar refractivity (Wildman–Crippen MR) is 55.7 cm³/mol. The number of carbonyl (C=O) groups excluding carboxylic acids is 1. The molecule has 0 aliphatic rings. The molecule has 0 aliphatic heterocycles. The molecule has 0 amide bonds. The number of carbonyl (C=O) groups is 1. The van der Waals surface area contributed by atoms with Gasteiger partial charge in [0.25, 0.3) is 0 Å². The molecule has 0 heterocycles. The molecule has 70 valence electrons. The zero-order chi connectivity index (χ0) is 9.84. The molecular weight excluding hydrogens is 279 g/mol. The van der Waals surface area contributed by atoms with Crippen molar-refractivity contribution in [2.45, 2.75) is 4.29 Å². The van der Waals surface area contributed by atoms with Crippen LogP contribution in [0.4, 0.5) is 0 Å². The molecular formula is C8H5BrCl2O2. The monoisotopic (exact) mass is 282 g/mol. The van der Waals surface area contributed by atoms with E-state index in [2.05, 4.69) is 15.9 Å². The first-order valence-electron chi connectivity index (χ1n) is 3.35. The van der Waals surface area contributed by atoms with Gasteiger partial charge in [0.05, 0.1) is 5.02 Å². The Morgan fingerprint density at radius 1 is 1.46 bits per heavy atom. The fraction of sp³-hybridized carbons (Fsp3) is 0.125. The van der Waals surface area contributed by atoms with Crippen molar-refractivity contribution in [3.05, 3.63) is 29.3 Å². The summed E-state index contributed by atoms with van der Waals surface area (Å²) < 4.78 is 4.00. The molecule has 1 unspecified atom stereocenters. The number of rotatable bonds is 2. The van der Waals surface area contributed by atoms with E-state index in [0.29, 0.717) is 10.8 Å². The summed E-state index contributed by atoms with van der Waals surface area (Å²) in [6.45, 7) is 0. The van der Waals surface area contributed by atoms with Gasteiger partial charge in [-0.1, -0.05) is 51.3 Å². The maximum absolute atomic E-state index is 11.0. The number of hydrogen-bond acceptors (Lipinski definition) is 2. The van der Waals surface area contributed by atoms with Crippen molar-refractivity contribution in [1.82, 2.24) is 0 Å². The van der Waals surface area contributed by atoms with Gasteiger partial charge in [-0.3, -0.25) is 0 Å². The number of para-hydroxylation sites is 1. The Hall–Kier alpha value is -0.250. The molecule has 2 nitrogen and oxygen atoms in total. The van der Waals surface area contributed by atoms with Crippen molar-refractivity contribution in [3.8, 4) is 5.75 Å². The third-order valence-electron chi connectivity index (χ3n) is 1.23. The zero-order valence-electron chi connectivity index (χ0n) is 6.34. The van der Waals surface area contributed by atoms with Crippen LogP contribution in [0.5, 0.6) is 5.75 Å². The number of hydrogen-bond donors (Lipinski definition) is 0. The normalized spacial score (nSPS) is 12.2. The summed E-state index contributed by atoms with van der Waals surface area (Å²) in [5.74, 6) is -0.283. The van der Waals surface area contributed by atoms with Crippen molar-refractivity contribution >= 4 is 45.1 Å². The predicted octanol–water partition coefficient (Wildman–Crippen LogP) is 3.21. The summed E-state index contributed by atoms with van der Waals surface area (Å²) >= 11 is 14.0. The highest BCUT2D eigenvalue weighted by molar-refractivity contribution is 9.10. The summed E-state index contributed by atoms with van der Waals surface area (Å²) in [7, 11) is 0. The van der Waals surface area contributed by atoms with Crippen molar-refractivity contribution in [1.29, 1.82) is 0 Å². The van der Waals surface area contributed by atoms with E-state index in [-0.39, 0.29) is 0 Å². The van der Waals surface area contributed by atoms with Crippen LogP contribution in [0.1, 0.15) is 0 Å². The van der Waals surface area contributed by atoms with E-state index in [9.17, 15) is 4.79 Å². The highest BCUT2D eigenvalue weighted by Crippen LogP contribution is 2.24. The second-order valence-corrected chi connectivity index (χ2v) is 4.44. The zero-order valence-corrected chi connectivity index (χ0v) is 9.43. The molecule has 0 spiro atoms. The molecule has 0 aliphatic carbocycles. The summed E-state index contributed by atoms with van der Waals surface area (Å²) in [5.41, 5.74) is 0. The average molecular weight is 284 g/mol. The van der Waals surface area contributed by atoms with Gasteiger partial charge in [-0.2, -0.15) is 0 Å². The first kappa shape index (κ1) is 10.8. The first-order chi connectivity index (χ1) is 6.11. The lowest BCUT2D eigenvalue weighted by Crippen LogP contribution is -2.15. The Balaban J connectivity index is 2.75. The van der Waals surface area contributed by atoms with Gasteiger partial charge in [0.1, 0.15) is 5.75 Å². The van der Waals surface area contributed by atoms with Gasteiger partial charge in [-0.25, -0.2) is 4.79 Å². The van der Waals surface area contributed by atoms with E-state index in [1.807, 2.05) is 0 Å². The molecule has 0 radical (unpaired) electrons. The quantitative estimate of drug-likeness (QED) is 0.473. The highest BCUT2D eigenvalue weighted by Gasteiger charge is 2.14. The van der Waals surface area contributed by atoms with Crippen LogP contribution in [0.3, 0.4) is 0 Å². The molecule has 0 N–H and O–H groups in total. The maximum Gasteiger partial charge on any atom is 0.340 e. The van der Waals surface area contributed by atoms with E-state index in [0.717, 1.165) is 0 Å². The van der Waals surface area contributed by atoms with E-state index < -0.39 is 10.3 Å². The van der Waals surface area contributed by atoms with Gasteiger partial charge in [0.15, 0.2) is 4.29 Å². The topological polar surface area (TPSA) is 26.3 Å². The largest absolute Gasteiger partial charge is 0.423 e. The second kappa shape index (κ2) is 4.84. The lowest BCUT2D eigenvalue weighted by molar-refractivity contribution is -0.132. The van der Waals surface area contributed by atoms with Gasteiger partial charge in [0.2, 0.25) is 0 Å². The fourth-order valence-electron chi connectivity index (χ4n) is 0.680. The average Bonchev–Trinajstić information content (AvgIpc) is 2.08. The minimum atomic E-state index is -0.858. The Morgan fingerprint density at radius 3 is 2.62 bits per heavy atom. The van der Waals surface area contributed by atoms with E-state index >= 15 is 0 Å². The van der Waals surface area contributed by atoms with Crippen molar-refractivity contribution in [3.63, 3.8) is 0 Å². The van der Waals surface area contributed by atoms with E-state index in [1.54, 1.807) is 24.3 Å². The van der Waals surface area contributed by atoms with Crippen LogP contribution in [0.15, 0.2) is 24.3 Å². The summed E-state index contributed by atoms with van der Waals surface area (Å²) in [5, 5.41) is 0.376. The molecule has 1 atom stereocenters. The highest BCUT2D eigenvalue weighted by atomic mass is 79.9. The summed E-state index contributed by atoms with van der Waals surface area (Å²) in [4.78, 5) is 11.0. The van der Waals surface area contributed by atoms with E-state index in [4.69, 9.17) is 27.9 Å². The Bertz CT molecular complexity index is 315. The SMILES string of the molecule is O=C(Oc1ccccc1Cl)C(Cl)Br. The van der Waals surface area contributed by atoms with Crippen LogP contribution in [0.25, 0.3) is 0 Å². The third-order valence-corrected chi connectivity index (χ3v) is 2.09. The molecule has 0 fully saturated rings. The molecule has 5 heteroatoms. The van der Waals surface area contributed by atoms with Gasteiger partial charge < -0.3 is 4.74 Å². The third kappa shape index (κ3) is 3.18. The van der Waals surface area contributed by atoms with Crippen molar-refractivity contribution in [2.24, 2.45) is 0 Å². The Labute approximate surface area is 93.9 Å². The lowest BCUT2D eigenvalue weighted by Gasteiger charge is -2.05. The second-order valence-electron chi connectivity index (χ2n) is 2.15.